The van der Waals surface area contributed by atoms with E-state index in [1.807, 2.05) is 11.8 Å². The van der Waals surface area contributed by atoms with Crippen LogP contribution in [-0.2, 0) is 11.3 Å². The van der Waals surface area contributed by atoms with Crippen LogP contribution in [0, 0.1) is 0 Å². The number of hydrogen-bond acceptors (Lipinski definition) is 4. The van der Waals surface area contributed by atoms with E-state index in [1.165, 1.54) is 41.5 Å². The van der Waals surface area contributed by atoms with Gasteiger partial charge in [-0.3, -0.25) is 9.59 Å². The highest BCUT2D eigenvalue weighted by Gasteiger charge is 2.04. The van der Waals surface area contributed by atoms with E-state index in [2.05, 4.69) is 11.6 Å². The number of carbonyl (C=O) groups is 1. The van der Waals surface area contributed by atoms with Gasteiger partial charge in [0.05, 0.1) is 0 Å². The first kappa shape index (κ1) is 16.6. The maximum Gasteiger partial charge on any atom is 0.251 e. The van der Waals surface area contributed by atoms with Crippen molar-refractivity contribution in [1.29, 1.82) is 0 Å². The third-order valence-electron chi connectivity index (χ3n) is 2.92. The monoisotopic (exact) mass is 297 g/mol. The Balaban J connectivity index is 2.20. The summed E-state index contributed by atoms with van der Waals surface area (Å²) < 4.78 is 1.32. The molecule has 0 aromatic carbocycles. The average molecular weight is 297 g/mol. The summed E-state index contributed by atoms with van der Waals surface area (Å²) in [5, 5.41) is 2.82. The highest BCUT2D eigenvalue weighted by atomic mass is 32.2. The maximum atomic E-state index is 11.7. The molecule has 0 saturated heterocycles. The summed E-state index contributed by atoms with van der Waals surface area (Å²) >= 11 is 1.86. The number of carbonyl (C=O) groups excluding carboxylic acids is 1. The first-order chi connectivity index (χ1) is 9.63. The normalized spacial score (nSPS) is 10.4. The Morgan fingerprint density at radius 2 is 2.05 bits per heavy atom. The lowest BCUT2D eigenvalue weighted by atomic mass is 10.2. The predicted octanol–water partition coefficient (Wildman–Crippen LogP) is 1.47. The second kappa shape index (κ2) is 9.47. The molecule has 1 aromatic rings. The SMILES string of the molecule is CSCCCCCCNC(=O)Cn1cc(N)ccc1=O. The molecule has 1 heterocycles. The minimum Gasteiger partial charge on any atom is -0.398 e. The zero-order chi connectivity index (χ0) is 14.8. The quantitative estimate of drug-likeness (QED) is 0.677. The molecule has 0 atom stereocenters. The van der Waals surface area contributed by atoms with Crippen molar-refractivity contribution in [2.24, 2.45) is 0 Å². The second-order valence-electron chi connectivity index (χ2n) is 4.69. The van der Waals surface area contributed by atoms with Gasteiger partial charge in [0.2, 0.25) is 5.91 Å². The first-order valence-electron chi connectivity index (χ1n) is 6.85. The molecule has 0 unspecified atom stereocenters. The van der Waals surface area contributed by atoms with Crippen molar-refractivity contribution >= 4 is 23.4 Å². The molecule has 112 valence electrons. The Hall–Kier alpha value is -1.43. The molecule has 0 aliphatic carbocycles. The van der Waals surface area contributed by atoms with Crippen LogP contribution in [0.25, 0.3) is 0 Å². The lowest BCUT2D eigenvalue weighted by Gasteiger charge is -2.07. The van der Waals surface area contributed by atoms with Gasteiger partial charge in [-0.25, -0.2) is 0 Å². The molecule has 0 aliphatic rings. The number of nitrogens with zero attached hydrogens (tertiary/aromatic N) is 1. The maximum absolute atomic E-state index is 11.7. The van der Waals surface area contributed by atoms with E-state index in [-0.39, 0.29) is 18.0 Å². The van der Waals surface area contributed by atoms with Crippen LogP contribution in [0.3, 0.4) is 0 Å². The number of hydrogen-bond donors (Lipinski definition) is 2. The van der Waals surface area contributed by atoms with Crippen LogP contribution in [0.1, 0.15) is 25.7 Å². The Morgan fingerprint density at radius 3 is 2.80 bits per heavy atom. The molecular formula is C14H23N3O2S. The van der Waals surface area contributed by atoms with Crippen molar-refractivity contribution in [3.63, 3.8) is 0 Å². The third-order valence-corrected chi connectivity index (χ3v) is 3.61. The van der Waals surface area contributed by atoms with Gasteiger partial charge >= 0.3 is 0 Å². The highest BCUT2D eigenvalue weighted by Crippen LogP contribution is 2.03. The van der Waals surface area contributed by atoms with E-state index in [1.54, 1.807) is 0 Å². The number of thioether (sulfide) groups is 1. The largest absolute Gasteiger partial charge is 0.398 e. The van der Waals surface area contributed by atoms with E-state index in [4.69, 9.17) is 5.73 Å². The molecule has 5 nitrogen and oxygen atoms in total. The van der Waals surface area contributed by atoms with E-state index in [9.17, 15) is 9.59 Å². The molecule has 1 amide bonds. The second-order valence-corrected chi connectivity index (χ2v) is 5.67. The van der Waals surface area contributed by atoms with E-state index < -0.39 is 0 Å². The van der Waals surface area contributed by atoms with E-state index in [0.29, 0.717) is 12.2 Å². The molecule has 0 bridgehead atoms. The Labute approximate surface area is 123 Å². The summed E-state index contributed by atoms with van der Waals surface area (Å²) in [6, 6.07) is 2.90. The van der Waals surface area contributed by atoms with Crippen LogP contribution in [-0.4, -0.2) is 29.0 Å². The molecule has 20 heavy (non-hydrogen) atoms. The minimum absolute atomic E-state index is 0.0242. The fourth-order valence-corrected chi connectivity index (χ4v) is 2.33. The van der Waals surface area contributed by atoms with Gasteiger partial charge in [0, 0.05) is 24.5 Å². The van der Waals surface area contributed by atoms with E-state index in [0.717, 1.165) is 12.8 Å². The summed E-state index contributed by atoms with van der Waals surface area (Å²) in [7, 11) is 0. The summed E-state index contributed by atoms with van der Waals surface area (Å²) in [5.74, 6) is 1.05. The van der Waals surface area contributed by atoms with Crippen LogP contribution in [0.4, 0.5) is 5.69 Å². The zero-order valence-corrected chi connectivity index (χ0v) is 12.7. The van der Waals surface area contributed by atoms with Gasteiger partial charge in [-0.05, 0) is 30.9 Å². The zero-order valence-electron chi connectivity index (χ0n) is 11.9. The lowest BCUT2D eigenvalue weighted by molar-refractivity contribution is -0.121. The van der Waals surface area contributed by atoms with E-state index >= 15 is 0 Å². The fourth-order valence-electron chi connectivity index (χ4n) is 1.84. The van der Waals surface area contributed by atoms with Gasteiger partial charge in [0.15, 0.2) is 0 Å². The number of amides is 1. The summed E-state index contributed by atoms with van der Waals surface area (Å²) in [5.41, 5.74) is 5.85. The van der Waals surface area contributed by atoms with Crippen molar-refractivity contribution in [3.05, 3.63) is 28.7 Å². The molecule has 0 radical (unpaired) electrons. The summed E-state index contributed by atoms with van der Waals surface area (Å²) in [4.78, 5) is 23.2. The first-order valence-corrected chi connectivity index (χ1v) is 8.24. The fraction of sp³-hybridized carbons (Fsp3) is 0.571. The minimum atomic E-state index is -0.216. The van der Waals surface area contributed by atoms with Crippen LogP contribution in [0.2, 0.25) is 0 Å². The van der Waals surface area contributed by atoms with Crippen molar-refractivity contribution in [2.75, 3.05) is 24.3 Å². The number of rotatable bonds is 9. The van der Waals surface area contributed by atoms with Gasteiger partial charge in [0.1, 0.15) is 6.54 Å². The van der Waals surface area contributed by atoms with Crippen molar-refractivity contribution in [2.45, 2.75) is 32.2 Å². The van der Waals surface area contributed by atoms with Gasteiger partial charge < -0.3 is 15.6 Å². The topological polar surface area (TPSA) is 77.1 Å². The molecule has 0 fully saturated rings. The van der Waals surface area contributed by atoms with Crippen molar-refractivity contribution < 1.29 is 4.79 Å². The Bertz CT molecular complexity index is 474. The third kappa shape index (κ3) is 6.65. The lowest BCUT2D eigenvalue weighted by Crippen LogP contribution is -2.32. The van der Waals surface area contributed by atoms with Gasteiger partial charge in [-0.2, -0.15) is 11.8 Å². The summed E-state index contributed by atoms with van der Waals surface area (Å²) in [6.45, 7) is 0.686. The molecule has 1 aromatic heterocycles. The molecule has 6 heteroatoms. The van der Waals surface area contributed by atoms with Crippen LogP contribution in [0.5, 0.6) is 0 Å². The smallest absolute Gasteiger partial charge is 0.251 e. The molecule has 0 aliphatic heterocycles. The van der Waals surface area contributed by atoms with Crippen molar-refractivity contribution in [1.82, 2.24) is 9.88 Å². The van der Waals surface area contributed by atoms with Gasteiger partial charge in [-0.15, -0.1) is 0 Å². The number of pyridine rings is 1. The predicted molar refractivity (Wildman–Crippen MR) is 85.0 cm³/mol. The summed E-state index contributed by atoms with van der Waals surface area (Å²) in [6.07, 6.45) is 8.13. The standard InChI is InChI=1S/C14H23N3O2S/c1-20-9-5-3-2-4-8-16-13(18)11-17-10-12(15)6-7-14(17)19/h6-7,10H,2-5,8-9,11,15H2,1H3,(H,16,18). The van der Waals surface area contributed by atoms with Crippen molar-refractivity contribution in [3.8, 4) is 0 Å². The number of nitrogens with one attached hydrogen (secondary N) is 1. The highest BCUT2D eigenvalue weighted by molar-refractivity contribution is 7.98. The Kier molecular flexibility index (Phi) is 7.87. The number of nitrogen functional groups attached to an aromatic ring is 1. The van der Waals surface area contributed by atoms with Crippen LogP contribution < -0.4 is 16.6 Å². The van der Waals surface area contributed by atoms with Crippen LogP contribution in [0.15, 0.2) is 23.1 Å². The molecule has 0 saturated carbocycles. The van der Waals surface area contributed by atoms with Gasteiger partial charge in [0.25, 0.3) is 5.56 Å². The number of aromatic nitrogens is 1. The number of anilines is 1. The average Bonchev–Trinajstić information content (AvgIpc) is 2.42. The van der Waals surface area contributed by atoms with Gasteiger partial charge in [-0.1, -0.05) is 12.8 Å². The molecule has 1 rings (SSSR count). The number of unbranched alkanes of at least 4 members (excludes halogenated alkanes) is 3. The molecular weight excluding hydrogens is 274 g/mol. The van der Waals surface area contributed by atoms with Crippen LogP contribution >= 0.6 is 11.8 Å². The Morgan fingerprint density at radius 1 is 1.30 bits per heavy atom. The number of nitrogens with two attached hydrogens (primary N) is 1. The molecule has 3 N–H and O–H groups in total. The molecule has 0 spiro atoms.